The maximum atomic E-state index is 13.3. The number of oxime groups is 1. The van der Waals surface area contributed by atoms with Gasteiger partial charge in [0.2, 0.25) is 0 Å². The van der Waals surface area contributed by atoms with Gasteiger partial charge in [-0.05, 0) is 47.3 Å². The molecule has 0 bridgehead atoms. The molecule has 1 atom stereocenters. The van der Waals surface area contributed by atoms with Crippen molar-refractivity contribution in [2.24, 2.45) is 5.16 Å². The summed E-state index contributed by atoms with van der Waals surface area (Å²) in [5.74, 6) is 0.853. The van der Waals surface area contributed by atoms with Crippen LogP contribution in [-0.2, 0) is 11.4 Å². The lowest BCUT2D eigenvalue weighted by molar-refractivity contribution is 0.0408. The molecule has 0 spiro atoms. The van der Waals surface area contributed by atoms with Crippen molar-refractivity contribution in [2.75, 3.05) is 20.8 Å². The minimum atomic E-state index is -0.308. The Morgan fingerprint density at radius 1 is 1.16 bits per heavy atom. The summed E-state index contributed by atoms with van der Waals surface area (Å²) in [6.07, 6.45) is 0.259. The van der Waals surface area contributed by atoms with Crippen LogP contribution in [0.5, 0.6) is 11.5 Å². The lowest BCUT2D eigenvalue weighted by Crippen LogP contribution is -2.37. The highest BCUT2D eigenvalue weighted by atomic mass is 32.1. The minimum absolute atomic E-state index is 0.0903. The molecular weight excluding hydrogens is 431 g/mol. The molecule has 8 heteroatoms. The number of amides is 1. The molecule has 0 aliphatic carbocycles. The van der Waals surface area contributed by atoms with Gasteiger partial charge in [0.25, 0.3) is 5.91 Å². The van der Waals surface area contributed by atoms with Gasteiger partial charge in [-0.3, -0.25) is 4.79 Å². The van der Waals surface area contributed by atoms with Gasteiger partial charge in [0.1, 0.15) is 5.82 Å². The number of carbonyl (C=O) groups excluding carboxylic acids is 1. The molecule has 0 saturated heterocycles. The van der Waals surface area contributed by atoms with Gasteiger partial charge in [-0.15, -0.1) is 11.3 Å². The Morgan fingerprint density at radius 3 is 2.62 bits per heavy atom. The van der Waals surface area contributed by atoms with E-state index in [-0.39, 0.29) is 17.8 Å². The average Bonchev–Trinajstić information content (AvgIpc) is 3.52. The van der Waals surface area contributed by atoms with E-state index in [1.54, 1.807) is 37.3 Å². The summed E-state index contributed by atoms with van der Waals surface area (Å²) < 4.78 is 24.0. The fourth-order valence-electron chi connectivity index (χ4n) is 3.54. The fraction of sp³-hybridized carbons (Fsp3) is 0.250. The molecule has 1 aliphatic rings. The van der Waals surface area contributed by atoms with Crippen molar-refractivity contribution >= 4 is 23.0 Å². The second kappa shape index (κ2) is 9.82. The van der Waals surface area contributed by atoms with Crippen molar-refractivity contribution in [1.29, 1.82) is 0 Å². The summed E-state index contributed by atoms with van der Waals surface area (Å²) in [5.41, 5.74) is 2.50. The summed E-state index contributed by atoms with van der Waals surface area (Å²) in [4.78, 5) is 21.1. The molecule has 32 heavy (non-hydrogen) atoms. The van der Waals surface area contributed by atoms with E-state index < -0.39 is 0 Å². The molecule has 2 aromatic carbocycles. The zero-order valence-electron chi connectivity index (χ0n) is 17.8. The molecule has 1 unspecified atom stereocenters. The largest absolute Gasteiger partial charge is 0.493 e. The van der Waals surface area contributed by atoms with Crippen LogP contribution in [0.4, 0.5) is 4.39 Å². The molecule has 1 aromatic heterocycles. The Hall–Kier alpha value is -3.39. The number of rotatable bonds is 8. The fourth-order valence-corrected chi connectivity index (χ4v) is 4.23. The third kappa shape index (κ3) is 4.91. The first-order chi connectivity index (χ1) is 15.6. The highest BCUT2D eigenvalue weighted by Gasteiger charge is 2.28. The van der Waals surface area contributed by atoms with Crippen LogP contribution in [0.3, 0.4) is 0 Å². The zero-order chi connectivity index (χ0) is 22.5. The molecule has 1 amide bonds. The molecule has 0 N–H and O–H groups in total. The normalized spacial score (nSPS) is 15.1. The van der Waals surface area contributed by atoms with Crippen molar-refractivity contribution in [3.05, 3.63) is 81.8 Å². The standard InChI is InChI=1S/C24H23FN2O4S/c1-29-21-10-7-17(12-22(21)30-2)20-13-19(31-26-20)15-27(24(28)23-4-3-11-32-23)14-16-5-8-18(25)9-6-16/h3-12,19H,13-15H2,1-2H3. The molecule has 4 rings (SSSR count). The third-order valence-corrected chi connectivity index (χ3v) is 6.04. The molecular formula is C24H23FN2O4S. The van der Waals surface area contributed by atoms with Crippen LogP contribution in [0, 0.1) is 5.82 Å². The SMILES string of the molecule is COc1ccc(C2=NOC(CN(Cc3ccc(F)cc3)C(=O)c3cccs3)C2)cc1OC. The summed E-state index contributed by atoms with van der Waals surface area (Å²) in [6.45, 7) is 0.705. The highest BCUT2D eigenvalue weighted by Crippen LogP contribution is 2.30. The van der Waals surface area contributed by atoms with Crippen LogP contribution in [0.15, 0.2) is 65.1 Å². The van der Waals surface area contributed by atoms with Gasteiger partial charge in [0.15, 0.2) is 17.6 Å². The Labute approximate surface area is 189 Å². The van der Waals surface area contributed by atoms with Crippen molar-refractivity contribution in [3.63, 3.8) is 0 Å². The van der Waals surface area contributed by atoms with Gasteiger partial charge in [0, 0.05) is 18.5 Å². The van der Waals surface area contributed by atoms with Gasteiger partial charge < -0.3 is 19.2 Å². The molecule has 0 radical (unpaired) electrons. The quantitative estimate of drug-likeness (QED) is 0.493. The predicted molar refractivity (Wildman–Crippen MR) is 121 cm³/mol. The van der Waals surface area contributed by atoms with Gasteiger partial charge in [-0.25, -0.2) is 4.39 Å². The second-order valence-electron chi connectivity index (χ2n) is 7.33. The van der Waals surface area contributed by atoms with E-state index in [4.69, 9.17) is 14.3 Å². The van der Waals surface area contributed by atoms with Crippen molar-refractivity contribution in [2.45, 2.75) is 19.1 Å². The van der Waals surface area contributed by atoms with Crippen molar-refractivity contribution < 1.29 is 23.5 Å². The summed E-state index contributed by atoms with van der Waals surface area (Å²) in [6, 6.07) is 15.4. The molecule has 166 valence electrons. The van der Waals surface area contributed by atoms with Crippen molar-refractivity contribution in [1.82, 2.24) is 4.90 Å². The topological polar surface area (TPSA) is 60.4 Å². The van der Waals surface area contributed by atoms with Gasteiger partial charge in [-0.1, -0.05) is 23.4 Å². The Morgan fingerprint density at radius 2 is 1.94 bits per heavy atom. The predicted octanol–water partition coefficient (Wildman–Crippen LogP) is 4.74. The number of benzene rings is 2. The molecule has 2 heterocycles. The van der Waals surface area contributed by atoms with E-state index in [0.29, 0.717) is 35.9 Å². The van der Waals surface area contributed by atoms with Crippen LogP contribution in [-0.4, -0.2) is 43.4 Å². The van der Waals surface area contributed by atoms with E-state index in [1.165, 1.54) is 23.5 Å². The number of nitrogens with zero attached hydrogens (tertiary/aromatic N) is 2. The zero-order valence-corrected chi connectivity index (χ0v) is 18.6. The Bertz CT molecular complexity index is 1100. The number of hydrogen-bond acceptors (Lipinski definition) is 6. The van der Waals surface area contributed by atoms with Gasteiger partial charge in [-0.2, -0.15) is 0 Å². The monoisotopic (exact) mass is 454 g/mol. The molecule has 0 saturated carbocycles. The summed E-state index contributed by atoms with van der Waals surface area (Å²) in [5, 5.41) is 6.12. The Kier molecular flexibility index (Phi) is 6.70. The summed E-state index contributed by atoms with van der Waals surface area (Å²) in [7, 11) is 3.17. The van der Waals surface area contributed by atoms with E-state index in [1.807, 2.05) is 29.6 Å². The first-order valence-corrected chi connectivity index (χ1v) is 11.0. The van der Waals surface area contributed by atoms with Crippen LogP contribution < -0.4 is 9.47 Å². The molecule has 0 fully saturated rings. The molecule has 3 aromatic rings. The second-order valence-corrected chi connectivity index (χ2v) is 8.28. The number of thiophene rings is 1. The van der Waals surface area contributed by atoms with Gasteiger partial charge in [0.05, 0.1) is 31.4 Å². The smallest absolute Gasteiger partial charge is 0.264 e. The minimum Gasteiger partial charge on any atom is -0.493 e. The first-order valence-electron chi connectivity index (χ1n) is 10.1. The molecule has 6 nitrogen and oxygen atoms in total. The number of halogens is 1. The van der Waals surface area contributed by atoms with Crippen LogP contribution >= 0.6 is 11.3 Å². The van der Waals surface area contributed by atoms with Crippen LogP contribution in [0.25, 0.3) is 0 Å². The lowest BCUT2D eigenvalue weighted by Gasteiger charge is -2.24. The average molecular weight is 455 g/mol. The maximum Gasteiger partial charge on any atom is 0.264 e. The van der Waals surface area contributed by atoms with Gasteiger partial charge >= 0.3 is 0 Å². The van der Waals surface area contributed by atoms with E-state index >= 15 is 0 Å². The van der Waals surface area contributed by atoms with E-state index in [0.717, 1.165) is 16.8 Å². The Balaban J connectivity index is 1.48. The van der Waals surface area contributed by atoms with Crippen LogP contribution in [0.1, 0.15) is 27.2 Å². The maximum absolute atomic E-state index is 13.3. The highest BCUT2D eigenvalue weighted by molar-refractivity contribution is 7.12. The molecule has 1 aliphatic heterocycles. The van der Waals surface area contributed by atoms with E-state index in [9.17, 15) is 9.18 Å². The first kappa shape index (κ1) is 21.8. The number of hydrogen-bond donors (Lipinski definition) is 0. The number of methoxy groups -OCH3 is 2. The van der Waals surface area contributed by atoms with Crippen LogP contribution in [0.2, 0.25) is 0 Å². The number of ether oxygens (including phenoxy) is 2. The summed E-state index contributed by atoms with van der Waals surface area (Å²) >= 11 is 1.39. The van der Waals surface area contributed by atoms with Crippen molar-refractivity contribution in [3.8, 4) is 11.5 Å². The number of carbonyl (C=O) groups is 1. The van der Waals surface area contributed by atoms with E-state index in [2.05, 4.69) is 5.16 Å². The third-order valence-electron chi connectivity index (χ3n) is 5.18. The lowest BCUT2D eigenvalue weighted by atomic mass is 10.0.